The smallest absolute Gasteiger partial charge is 0.0669 e. The molecule has 0 aromatic heterocycles. The van der Waals surface area contributed by atoms with E-state index in [1.54, 1.807) is 0 Å². The molecule has 1 aliphatic carbocycles. The van der Waals surface area contributed by atoms with E-state index in [1.807, 2.05) is 0 Å². The van der Waals surface area contributed by atoms with Gasteiger partial charge in [0.1, 0.15) is 0 Å². The van der Waals surface area contributed by atoms with Gasteiger partial charge in [-0.1, -0.05) is 55.5 Å². The summed E-state index contributed by atoms with van der Waals surface area (Å²) in [6, 6.07) is 8.61. The maximum absolute atomic E-state index is 10.2. The van der Waals surface area contributed by atoms with Gasteiger partial charge in [-0.2, -0.15) is 0 Å². The molecule has 2 nitrogen and oxygen atoms in total. The molecule has 1 aromatic carbocycles. The molecule has 1 N–H and O–H groups in total. The largest absolute Gasteiger partial charge is 0.392 e. The van der Waals surface area contributed by atoms with E-state index in [0.717, 1.165) is 25.4 Å². The van der Waals surface area contributed by atoms with Gasteiger partial charge in [0, 0.05) is 13.1 Å². The molecule has 1 aromatic rings. The highest BCUT2D eigenvalue weighted by molar-refractivity contribution is 5.21. The van der Waals surface area contributed by atoms with Crippen LogP contribution in [0, 0.1) is 12.8 Å². The Balaban J connectivity index is 1.75. The molecular weight excluding hydrogens is 234 g/mol. The maximum Gasteiger partial charge on any atom is 0.0669 e. The second-order valence-corrected chi connectivity index (χ2v) is 6.23. The number of hydrogen-bond acceptors (Lipinski definition) is 2. The van der Waals surface area contributed by atoms with E-state index in [0.29, 0.717) is 0 Å². The lowest BCUT2D eigenvalue weighted by Gasteiger charge is -2.22. The van der Waals surface area contributed by atoms with Gasteiger partial charge < -0.3 is 5.11 Å². The Bertz CT molecular complexity index is 385. The number of likely N-dealkylation sites (N-methyl/N-ethyl adjacent to an activating group) is 1. The summed E-state index contributed by atoms with van der Waals surface area (Å²) >= 11 is 0. The van der Waals surface area contributed by atoms with Crippen molar-refractivity contribution >= 4 is 0 Å². The predicted octanol–water partition coefficient (Wildman–Crippen LogP) is 3.37. The molecule has 0 radical (unpaired) electrons. The first-order chi connectivity index (χ1) is 9.13. The molecule has 1 aliphatic rings. The van der Waals surface area contributed by atoms with Crippen LogP contribution in [0.4, 0.5) is 0 Å². The van der Waals surface area contributed by atoms with E-state index < -0.39 is 0 Å². The molecular formula is C17H27NO. The zero-order valence-corrected chi connectivity index (χ0v) is 12.3. The molecule has 0 amide bonds. The fraction of sp³-hybridized carbons (Fsp3) is 0.647. The molecule has 0 spiro atoms. The Kier molecular flexibility index (Phi) is 5.41. The maximum atomic E-state index is 10.2. The van der Waals surface area contributed by atoms with Crippen LogP contribution >= 0.6 is 0 Å². The molecule has 0 bridgehead atoms. The van der Waals surface area contributed by atoms with Crippen molar-refractivity contribution < 1.29 is 5.11 Å². The third-order valence-electron chi connectivity index (χ3n) is 4.14. The zero-order chi connectivity index (χ0) is 13.7. The SMILES string of the molecule is Cc1cccc(CN(C)CC(O)CC2CCCC2)c1. The number of aryl methyl sites for hydroxylation is 1. The summed E-state index contributed by atoms with van der Waals surface area (Å²) in [7, 11) is 2.10. The number of hydrogen-bond donors (Lipinski definition) is 1. The van der Waals surface area contributed by atoms with Gasteiger partial charge in [-0.3, -0.25) is 4.90 Å². The van der Waals surface area contributed by atoms with Crippen molar-refractivity contribution in [2.75, 3.05) is 13.6 Å². The standard InChI is InChI=1S/C17H27NO/c1-14-6-5-9-16(10-14)12-18(2)13-17(19)11-15-7-3-4-8-15/h5-6,9-10,15,17,19H,3-4,7-8,11-13H2,1-2H3. The van der Waals surface area contributed by atoms with Gasteiger partial charge in [0.15, 0.2) is 0 Å². The lowest BCUT2D eigenvalue weighted by Crippen LogP contribution is -2.30. The molecule has 1 saturated carbocycles. The summed E-state index contributed by atoms with van der Waals surface area (Å²) in [5.74, 6) is 0.766. The van der Waals surface area contributed by atoms with Crippen LogP contribution in [0.2, 0.25) is 0 Å². The fourth-order valence-electron chi connectivity index (χ4n) is 3.25. The van der Waals surface area contributed by atoms with E-state index in [2.05, 4.69) is 43.1 Å². The van der Waals surface area contributed by atoms with Crippen molar-refractivity contribution in [2.24, 2.45) is 5.92 Å². The Morgan fingerprint density at radius 1 is 1.32 bits per heavy atom. The molecule has 1 fully saturated rings. The summed E-state index contributed by atoms with van der Waals surface area (Å²) < 4.78 is 0. The van der Waals surface area contributed by atoms with Crippen molar-refractivity contribution in [2.45, 2.75) is 51.7 Å². The second kappa shape index (κ2) is 7.06. The minimum absolute atomic E-state index is 0.169. The van der Waals surface area contributed by atoms with E-state index in [4.69, 9.17) is 0 Å². The molecule has 1 unspecified atom stereocenters. The summed E-state index contributed by atoms with van der Waals surface area (Å²) in [5, 5.41) is 10.2. The van der Waals surface area contributed by atoms with Gasteiger partial charge in [0.25, 0.3) is 0 Å². The average Bonchev–Trinajstić information content (AvgIpc) is 2.81. The normalized spacial score (nSPS) is 18.1. The third-order valence-corrected chi connectivity index (χ3v) is 4.14. The summed E-state index contributed by atoms with van der Waals surface area (Å²) in [4.78, 5) is 2.23. The Labute approximate surface area is 117 Å². The third kappa shape index (κ3) is 4.96. The Morgan fingerprint density at radius 3 is 2.74 bits per heavy atom. The van der Waals surface area contributed by atoms with Crippen LogP contribution in [0.3, 0.4) is 0 Å². The minimum Gasteiger partial charge on any atom is -0.392 e. The van der Waals surface area contributed by atoms with Crippen LogP contribution in [0.15, 0.2) is 24.3 Å². The van der Waals surface area contributed by atoms with Crippen molar-refractivity contribution in [3.8, 4) is 0 Å². The van der Waals surface area contributed by atoms with Gasteiger partial charge >= 0.3 is 0 Å². The molecule has 2 rings (SSSR count). The molecule has 1 atom stereocenters. The number of aliphatic hydroxyl groups excluding tert-OH is 1. The van der Waals surface area contributed by atoms with Gasteiger partial charge in [-0.05, 0) is 31.9 Å². The van der Waals surface area contributed by atoms with Crippen molar-refractivity contribution in [3.05, 3.63) is 35.4 Å². The molecule has 19 heavy (non-hydrogen) atoms. The first-order valence-corrected chi connectivity index (χ1v) is 7.55. The average molecular weight is 261 g/mol. The topological polar surface area (TPSA) is 23.5 Å². The van der Waals surface area contributed by atoms with E-state index >= 15 is 0 Å². The van der Waals surface area contributed by atoms with E-state index in [1.165, 1.54) is 36.8 Å². The second-order valence-electron chi connectivity index (χ2n) is 6.23. The monoisotopic (exact) mass is 261 g/mol. The minimum atomic E-state index is -0.169. The lowest BCUT2D eigenvalue weighted by molar-refractivity contribution is 0.0994. The van der Waals surface area contributed by atoms with Crippen LogP contribution in [0.1, 0.15) is 43.2 Å². The molecule has 2 heteroatoms. The van der Waals surface area contributed by atoms with E-state index in [9.17, 15) is 5.11 Å². The van der Waals surface area contributed by atoms with Crippen molar-refractivity contribution in [3.63, 3.8) is 0 Å². The summed E-state index contributed by atoms with van der Waals surface area (Å²) in [5.41, 5.74) is 2.63. The fourth-order valence-corrected chi connectivity index (χ4v) is 3.25. The quantitative estimate of drug-likeness (QED) is 0.848. The van der Waals surface area contributed by atoms with Gasteiger partial charge in [-0.15, -0.1) is 0 Å². The van der Waals surface area contributed by atoms with E-state index in [-0.39, 0.29) is 6.10 Å². The first kappa shape index (κ1) is 14.5. The molecule has 0 aliphatic heterocycles. The number of aliphatic hydroxyl groups is 1. The van der Waals surface area contributed by atoms with Crippen LogP contribution in [0.5, 0.6) is 0 Å². The van der Waals surface area contributed by atoms with Crippen LogP contribution in [0.25, 0.3) is 0 Å². The summed E-state index contributed by atoms with van der Waals surface area (Å²) in [6.07, 6.45) is 6.17. The number of benzene rings is 1. The highest BCUT2D eigenvalue weighted by atomic mass is 16.3. The highest BCUT2D eigenvalue weighted by Gasteiger charge is 2.19. The molecule has 106 valence electrons. The Morgan fingerprint density at radius 2 is 2.05 bits per heavy atom. The van der Waals surface area contributed by atoms with Crippen molar-refractivity contribution in [1.82, 2.24) is 4.90 Å². The molecule has 0 heterocycles. The zero-order valence-electron chi connectivity index (χ0n) is 12.3. The van der Waals surface area contributed by atoms with Crippen molar-refractivity contribution in [1.29, 1.82) is 0 Å². The van der Waals surface area contributed by atoms with Gasteiger partial charge in [0.05, 0.1) is 6.10 Å². The highest BCUT2D eigenvalue weighted by Crippen LogP contribution is 2.28. The summed E-state index contributed by atoms with van der Waals surface area (Å²) in [6.45, 7) is 3.83. The lowest BCUT2D eigenvalue weighted by atomic mass is 10.00. The van der Waals surface area contributed by atoms with Crippen LogP contribution in [-0.4, -0.2) is 29.7 Å². The van der Waals surface area contributed by atoms with Crippen LogP contribution in [-0.2, 0) is 6.54 Å². The van der Waals surface area contributed by atoms with Gasteiger partial charge in [0.2, 0.25) is 0 Å². The Hall–Kier alpha value is -0.860. The van der Waals surface area contributed by atoms with Crippen LogP contribution < -0.4 is 0 Å². The van der Waals surface area contributed by atoms with Gasteiger partial charge in [-0.25, -0.2) is 0 Å². The first-order valence-electron chi connectivity index (χ1n) is 7.55. The number of rotatable bonds is 6. The predicted molar refractivity (Wildman–Crippen MR) is 80.1 cm³/mol. The molecule has 0 saturated heterocycles. The number of nitrogens with zero attached hydrogens (tertiary/aromatic N) is 1.